The molecule has 3 amide bonds. The molecule has 1 aromatic rings. The first kappa shape index (κ1) is 17.7. The summed E-state index contributed by atoms with van der Waals surface area (Å²) in [7, 11) is 3.99. The molecule has 25 heavy (non-hydrogen) atoms. The number of para-hydroxylation sites is 1. The molecule has 1 fully saturated rings. The van der Waals surface area contributed by atoms with E-state index in [1.807, 2.05) is 30.1 Å². The molecule has 0 aromatic heterocycles. The van der Waals surface area contributed by atoms with Crippen molar-refractivity contribution >= 4 is 23.3 Å². The van der Waals surface area contributed by atoms with Gasteiger partial charge in [-0.3, -0.25) is 4.79 Å². The number of fused-ring (bicyclic) bond motifs is 1. The molecular formula is C19H28N4O2. The molecule has 136 valence electrons. The summed E-state index contributed by atoms with van der Waals surface area (Å²) < 4.78 is 0. The number of carbonyl (C=O) groups is 2. The number of anilines is 2. The van der Waals surface area contributed by atoms with Crippen LogP contribution in [0.2, 0.25) is 0 Å². The molecule has 0 saturated carbocycles. The number of likely N-dealkylation sites (tertiary alicyclic amines) is 1. The molecule has 2 aliphatic rings. The molecule has 6 nitrogen and oxygen atoms in total. The third kappa shape index (κ3) is 3.49. The van der Waals surface area contributed by atoms with E-state index in [0.717, 1.165) is 42.9 Å². The Balaban J connectivity index is 1.76. The van der Waals surface area contributed by atoms with E-state index >= 15 is 0 Å². The molecule has 0 bridgehead atoms. The smallest absolute Gasteiger partial charge is 0.321 e. The third-order valence-corrected chi connectivity index (χ3v) is 5.50. The number of piperidine rings is 1. The second kappa shape index (κ2) is 7.04. The SMILES string of the molecule is CC(=O)N1CCc2cccc(NC(=O)N(C)[C@@H]3CCN(C)C[C@@H]3C)c21. The van der Waals surface area contributed by atoms with Crippen molar-refractivity contribution in [3.63, 3.8) is 0 Å². The molecule has 2 aliphatic heterocycles. The number of nitrogens with one attached hydrogen (secondary N) is 1. The number of rotatable bonds is 2. The van der Waals surface area contributed by atoms with Gasteiger partial charge in [0.2, 0.25) is 5.91 Å². The van der Waals surface area contributed by atoms with Gasteiger partial charge in [0.15, 0.2) is 0 Å². The van der Waals surface area contributed by atoms with Gasteiger partial charge in [0.05, 0.1) is 11.4 Å². The van der Waals surface area contributed by atoms with E-state index in [1.54, 1.807) is 11.8 Å². The Hall–Kier alpha value is -2.08. The highest BCUT2D eigenvalue weighted by atomic mass is 16.2. The van der Waals surface area contributed by atoms with Crippen LogP contribution in [0.5, 0.6) is 0 Å². The molecule has 0 unspecified atom stereocenters. The fourth-order valence-electron chi connectivity index (χ4n) is 4.14. The van der Waals surface area contributed by atoms with Gasteiger partial charge in [-0.1, -0.05) is 19.1 Å². The van der Waals surface area contributed by atoms with Crippen LogP contribution >= 0.6 is 0 Å². The number of hydrogen-bond donors (Lipinski definition) is 1. The molecule has 2 heterocycles. The second-order valence-corrected chi connectivity index (χ2v) is 7.37. The predicted octanol–water partition coefficient (Wildman–Crippen LogP) is 2.40. The monoisotopic (exact) mass is 344 g/mol. The molecule has 1 aromatic carbocycles. The fraction of sp³-hybridized carbons (Fsp3) is 0.579. The third-order valence-electron chi connectivity index (χ3n) is 5.50. The van der Waals surface area contributed by atoms with Crippen LogP contribution in [0.1, 0.15) is 25.8 Å². The second-order valence-electron chi connectivity index (χ2n) is 7.37. The summed E-state index contributed by atoms with van der Waals surface area (Å²) in [6, 6.07) is 5.97. The predicted molar refractivity (Wildman–Crippen MR) is 100 cm³/mol. The fourth-order valence-corrected chi connectivity index (χ4v) is 4.14. The minimum atomic E-state index is -0.106. The van der Waals surface area contributed by atoms with Gasteiger partial charge in [-0.2, -0.15) is 0 Å². The number of benzene rings is 1. The maximum Gasteiger partial charge on any atom is 0.321 e. The van der Waals surface area contributed by atoms with Crippen molar-refractivity contribution in [2.24, 2.45) is 5.92 Å². The summed E-state index contributed by atoms with van der Waals surface area (Å²) in [6.07, 6.45) is 1.81. The van der Waals surface area contributed by atoms with E-state index < -0.39 is 0 Å². The van der Waals surface area contributed by atoms with E-state index in [0.29, 0.717) is 12.5 Å². The largest absolute Gasteiger partial charge is 0.324 e. The van der Waals surface area contributed by atoms with Crippen LogP contribution in [0.25, 0.3) is 0 Å². The van der Waals surface area contributed by atoms with Gasteiger partial charge in [0.25, 0.3) is 0 Å². The van der Waals surface area contributed by atoms with E-state index in [1.165, 1.54) is 0 Å². The van der Waals surface area contributed by atoms with Crippen LogP contribution < -0.4 is 10.2 Å². The highest BCUT2D eigenvalue weighted by Gasteiger charge is 2.31. The molecule has 0 radical (unpaired) electrons. The first-order valence-corrected chi connectivity index (χ1v) is 9.01. The summed E-state index contributed by atoms with van der Waals surface area (Å²) in [6.45, 7) is 6.45. The van der Waals surface area contributed by atoms with Crippen molar-refractivity contribution < 1.29 is 9.59 Å². The average Bonchev–Trinajstić information content (AvgIpc) is 2.99. The van der Waals surface area contributed by atoms with Gasteiger partial charge in [0, 0.05) is 33.1 Å². The van der Waals surface area contributed by atoms with Crippen LogP contribution in [0.3, 0.4) is 0 Å². The van der Waals surface area contributed by atoms with Crippen molar-refractivity contribution in [2.45, 2.75) is 32.7 Å². The molecule has 1 saturated heterocycles. The molecule has 1 N–H and O–H groups in total. The minimum Gasteiger partial charge on any atom is -0.324 e. The van der Waals surface area contributed by atoms with Gasteiger partial charge < -0.3 is 20.0 Å². The Morgan fingerprint density at radius 1 is 1.28 bits per heavy atom. The van der Waals surface area contributed by atoms with Crippen LogP contribution in [0, 0.1) is 5.92 Å². The van der Waals surface area contributed by atoms with Crippen molar-refractivity contribution in [1.29, 1.82) is 0 Å². The Kier molecular flexibility index (Phi) is 4.99. The van der Waals surface area contributed by atoms with E-state index in [4.69, 9.17) is 0 Å². The average molecular weight is 344 g/mol. The molecule has 0 spiro atoms. The first-order chi connectivity index (χ1) is 11.9. The van der Waals surface area contributed by atoms with Crippen molar-refractivity contribution in [3.05, 3.63) is 23.8 Å². The highest BCUT2D eigenvalue weighted by molar-refractivity contribution is 6.02. The maximum absolute atomic E-state index is 12.8. The van der Waals surface area contributed by atoms with Crippen LogP contribution in [-0.4, -0.2) is 61.5 Å². The number of amides is 3. The number of nitrogens with zero attached hydrogens (tertiary/aromatic N) is 3. The number of urea groups is 1. The zero-order chi connectivity index (χ0) is 18.1. The molecule has 2 atom stereocenters. The van der Waals surface area contributed by atoms with Crippen LogP contribution in [0.15, 0.2) is 18.2 Å². The molecule has 6 heteroatoms. The van der Waals surface area contributed by atoms with Gasteiger partial charge >= 0.3 is 6.03 Å². The minimum absolute atomic E-state index is 0.0118. The van der Waals surface area contributed by atoms with Gasteiger partial charge in [-0.25, -0.2) is 4.79 Å². The lowest BCUT2D eigenvalue weighted by Gasteiger charge is -2.40. The first-order valence-electron chi connectivity index (χ1n) is 9.01. The number of carbonyl (C=O) groups excluding carboxylic acids is 2. The zero-order valence-corrected chi connectivity index (χ0v) is 15.6. The Morgan fingerprint density at radius 3 is 2.72 bits per heavy atom. The zero-order valence-electron chi connectivity index (χ0n) is 15.6. The lowest BCUT2D eigenvalue weighted by molar-refractivity contribution is -0.116. The summed E-state index contributed by atoms with van der Waals surface area (Å²) in [5.74, 6) is 0.447. The van der Waals surface area contributed by atoms with Gasteiger partial charge in [-0.05, 0) is 44.0 Å². The molecular weight excluding hydrogens is 316 g/mol. The lowest BCUT2D eigenvalue weighted by Crippen LogP contribution is -2.50. The van der Waals surface area contributed by atoms with E-state index in [2.05, 4.69) is 24.2 Å². The Morgan fingerprint density at radius 2 is 2.04 bits per heavy atom. The lowest BCUT2D eigenvalue weighted by atomic mass is 9.93. The maximum atomic E-state index is 12.8. The summed E-state index contributed by atoms with van der Waals surface area (Å²) in [5, 5.41) is 3.04. The van der Waals surface area contributed by atoms with Gasteiger partial charge in [-0.15, -0.1) is 0 Å². The van der Waals surface area contributed by atoms with Crippen molar-refractivity contribution in [1.82, 2.24) is 9.80 Å². The molecule has 3 rings (SSSR count). The highest BCUT2D eigenvalue weighted by Crippen LogP contribution is 2.36. The summed E-state index contributed by atoms with van der Waals surface area (Å²) in [4.78, 5) is 30.6. The molecule has 0 aliphatic carbocycles. The Labute approximate surface area is 149 Å². The normalized spacial score (nSPS) is 23.3. The van der Waals surface area contributed by atoms with Gasteiger partial charge in [0.1, 0.15) is 0 Å². The summed E-state index contributed by atoms with van der Waals surface area (Å²) in [5.41, 5.74) is 2.69. The quantitative estimate of drug-likeness (QED) is 0.896. The van der Waals surface area contributed by atoms with Crippen molar-refractivity contribution in [3.8, 4) is 0 Å². The number of hydrogen-bond acceptors (Lipinski definition) is 3. The van der Waals surface area contributed by atoms with E-state index in [-0.39, 0.29) is 18.0 Å². The topological polar surface area (TPSA) is 55.9 Å². The van der Waals surface area contributed by atoms with E-state index in [9.17, 15) is 9.59 Å². The summed E-state index contributed by atoms with van der Waals surface area (Å²) >= 11 is 0. The van der Waals surface area contributed by atoms with Crippen molar-refractivity contribution in [2.75, 3.05) is 43.9 Å². The van der Waals surface area contributed by atoms with Crippen LogP contribution in [0.4, 0.5) is 16.2 Å². The standard InChI is InChI=1S/C19H28N4O2/c1-13-12-21(3)10-9-17(13)22(4)19(25)20-16-7-5-6-15-8-11-23(14(2)24)18(15)16/h5-7,13,17H,8-12H2,1-4H3,(H,20,25)/t13-,17+/m0/s1. The Bertz CT molecular complexity index is 675. The van der Waals surface area contributed by atoms with Crippen LogP contribution in [-0.2, 0) is 11.2 Å².